The minimum atomic E-state index is 0.237. The zero-order chi connectivity index (χ0) is 7.98. The van der Waals surface area contributed by atoms with E-state index in [0.29, 0.717) is 12.5 Å². The number of ketones is 1. The summed E-state index contributed by atoms with van der Waals surface area (Å²) in [5, 5.41) is 3.06. The summed E-state index contributed by atoms with van der Waals surface area (Å²) in [5.74, 6) is 1.07. The summed E-state index contributed by atoms with van der Waals surface area (Å²) in [6, 6.07) is 0.315. The highest BCUT2D eigenvalue weighted by molar-refractivity contribution is 7.80. The van der Waals surface area contributed by atoms with Gasteiger partial charge in [0.25, 0.3) is 0 Å². The van der Waals surface area contributed by atoms with Crippen LogP contribution in [0.4, 0.5) is 0 Å². The maximum Gasteiger partial charge on any atom is 0.131 e. The fourth-order valence-electron chi connectivity index (χ4n) is 0.851. The van der Waals surface area contributed by atoms with Gasteiger partial charge in [0.2, 0.25) is 0 Å². The number of hydrogen-bond donors (Lipinski definition) is 2. The van der Waals surface area contributed by atoms with Crippen LogP contribution in [-0.4, -0.2) is 24.6 Å². The lowest BCUT2D eigenvalue weighted by molar-refractivity contribution is -0.117. The van der Waals surface area contributed by atoms with Gasteiger partial charge < -0.3 is 5.32 Å². The zero-order valence-corrected chi connectivity index (χ0v) is 7.45. The van der Waals surface area contributed by atoms with Gasteiger partial charge in [-0.05, 0) is 26.1 Å². The van der Waals surface area contributed by atoms with Crippen LogP contribution < -0.4 is 5.32 Å². The molecule has 0 rings (SSSR count). The van der Waals surface area contributed by atoms with Crippen molar-refractivity contribution in [2.24, 2.45) is 0 Å². The van der Waals surface area contributed by atoms with E-state index in [9.17, 15) is 4.79 Å². The van der Waals surface area contributed by atoms with Crippen LogP contribution in [0, 0.1) is 0 Å². The van der Waals surface area contributed by atoms with Crippen molar-refractivity contribution in [3.05, 3.63) is 0 Å². The van der Waals surface area contributed by atoms with Gasteiger partial charge in [0.05, 0.1) is 0 Å². The van der Waals surface area contributed by atoms with Gasteiger partial charge in [-0.25, -0.2) is 0 Å². The third-order valence-corrected chi connectivity index (χ3v) is 1.68. The normalized spacial score (nSPS) is 13.1. The van der Waals surface area contributed by atoms with Crippen LogP contribution in [0.25, 0.3) is 0 Å². The van der Waals surface area contributed by atoms with E-state index >= 15 is 0 Å². The molecule has 10 heavy (non-hydrogen) atoms. The Kier molecular flexibility index (Phi) is 5.73. The lowest BCUT2D eigenvalue weighted by atomic mass is 10.1. The Balaban J connectivity index is 3.49. The third kappa shape index (κ3) is 4.82. The number of carbonyl (C=O) groups is 1. The van der Waals surface area contributed by atoms with Crippen molar-refractivity contribution in [3.63, 3.8) is 0 Å². The molecule has 2 nitrogen and oxygen atoms in total. The van der Waals surface area contributed by atoms with Gasteiger partial charge >= 0.3 is 0 Å². The summed E-state index contributed by atoms with van der Waals surface area (Å²) in [6.07, 6.45) is 1.58. The molecule has 3 heteroatoms. The van der Waals surface area contributed by atoms with Crippen LogP contribution in [0.1, 0.15) is 19.8 Å². The molecule has 0 radical (unpaired) electrons. The van der Waals surface area contributed by atoms with Crippen molar-refractivity contribution in [2.45, 2.75) is 25.8 Å². The first-order valence-corrected chi connectivity index (χ1v) is 4.11. The average molecular weight is 161 g/mol. The second-order valence-corrected chi connectivity index (χ2v) is 2.85. The van der Waals surface area contributed by atoms with Crippen LogP contribution in [0.2, 0.25) is 0 Å². The highest BCUT2D eigenvalue weighted by atomic mass is 32.1. The predicted octanol–water partition coefficient (Wildman–Crippen LogP) is 0.873. The van der Waals surface area contributed by atoms with E-state index in [2.05, 4.69) is 17.9 Å². The van der Waals surface area contributed by atoms with Gasteiger partial charge in [0, 0.05) is 12.5 Å². The molecule has 1 N–H and O–H groups in total. The Morgan fingerprint density at radius 2 is 2.30 bits per heavy atom. The molecule has 0 saturated carbocycles. The molecule has 1 atom stereocenters. The number of carbonyl (C=O) groups excluding carboxylic acids is 1. The Labute approximate surface area is 67.8 Å². The first kappa shape index (κ1) is 9.98. The second kappa shape index (κ2) is 5.74. The standard InChI is InChI=1S/C7H15NOS/c1-6(9)5-7(8-2)3-4-10/h7-8,10H,3-5H2,1-2H3. The SMILES string of the molecule is CNC(CCS)CC(C)=O. The van der Waals surface area contributed by atoms with Gasteiger partial charge in [-0.3, -0.25) is 4.79 Å². The molecule has 1 unspecified atom stereocenters. The number of thiol groups is 1. The second-order valence-electron chi connectivity index (χ2n) is 2.40. The van der Waals surface area contributed by atoms with E-state index in [1.54, 1.807) is 6.92 Å². The van der Waals surface area contributed by atoms with Crippen LogP contribution in [-0.2, 0) is 4.79 Å². The van der Waals surface area contributed by atoms with Crippen molar-refractivity contribution >= 4 is 18.4 Å². The van der Waals surface area contributed by atoms with E-state index in [4.69, 9.17) is 0 Å². The monoisotopic (exact) mass is 161 g/mol. The number of nitrogens with one attached hydrogen (secondary N) is 1. The highest BCUT2D eigenvalue weighted by Gasteiger charge is 2.06. The van der Waals surface area contributed by atoms with E-state index in [1.165, 1.54) is 0 Å². The van der Waals surface area contributed by atoms with Crippen molar-refractivity contribution in [2.75, 3.05) is 12.8 Å². The largest absolute Gasteiger partial charge is 0.317 e. The maximum atomic E-state index is 10.6. The molecule has 0 aliphatic heterocycles. The molecule has 0 aromatic carbocycles. The Hall–Kier alpha value is -0.0200. The molecule has 0 bridgehead atoms. The highest BCUT2D eigenvalue weighted by Crippen LogP contribution is 1.99. The predicted molar refractivity (Wildman–Crippen MR) is 46.6 cm³/mol. The van der Waals surface area contributed by atoms with Crippen molar-refractivity contribution in [3.8, 4) is 0 Å². The maximum absolute atomic E-state index is 10.6. The molecular formula is C7H15NOS. The van der Waals surface area contributed by atoms with E-state index in [1.807, 2.05) is 7.05 Å². The first-order valence-electron chi connectivity index (χ1n) is 3.48. The summed E-state index contributed by atoms with van der Waals surface area (Å²) in [5.41, 5.74) is 0. The molecular weight excluding hydrogens is 146 g/mol. The van der Waals surface area contributed by atoms with Crippen molar-refractivity contribution < 1.29 is 4.79 Å². The molecule has 0 aliphatic rings. The minimum Gasteiger partial charge on any atom is -0.317 e. The summed E-state index contributed by atoms with van der Waals surface area (Å²) in [7, 11) is 1.87. The van der Waals surface area contributed by atoms with Crippen LogP contribution >= 0.6 is 12.6 Å². The van der Waals surface area contributed by atoms with Gasteiger partial charge in [0.1, 0.15) is 5.78 Å². The van der Waals surface area contributed by atoms with Crippen LogP contribution in [0.15, 0.2) is 0 Å². The molecule has 0 heterocycles. The van der Waals surface area contributed by atoms with Crippen LogP contribution in [0.5, 0.6) is 0 Å². The topological polar surface area (TPSA) is 29.1 Å². The third-order valence-electron chi connectivity index (χ3n) is 1.42. The Morgan fingerprint density at radius 3 is 2.60 bits per heavy atom. The summed E-state index contributed by atoms with van der Waals surface area (Å²) >= 11 is 4.08. The molecule has 0 spiro atoms. The summed E-state index contributed by atoms with van der Waals surface area (Å²) < 4.78 is 0. The molecule has 0 fully saturated rings. The van der Waals surface area contributed by atoms with E-state index in [-0.39, 0.29) is 5.78 Å². The Bertz CT molecular complexity index is 106. The number of Topliss-reactive ketones (excluding diaryl/α,β-unsaturated/α-hetero) is 1. The summed E-state index contributed by atoms with van der Waals surface area (Å²) in [4.78, 5) is 10.6. The molecule has 0 aromatic rings. The fraction of sp³-hybridized carbons (Fsp3) is 0.857. The zero-order valence-electron chi connectivity index (χ0n) is 6.55. The average Bonchev–Trinajstić information content (AvgIpc) is 1.86. The lowest BCUT2D eigenvalue weighted by Crippen LogP contribution is -2.27. The minimum absolute atomic E-state index is 0.237. The van der Waals surface area contributed by atoms with Gasteiger partial charge in [-0.2, -0.15) is 12.6 Å². The van der Waals surface area contributed by atoms with Gasteiger partial charge in [0.15, 0.2) is 0 Å². The molecule has 0 aliphatic carbocycles. The van der Waals surface area contributed by atoms with Crippen LogP contribution in [0.3, 0.4) is 0 Å². The summed E-state index contributed by atoms with van der Waals surface area (Å²) in [6.45, 7) is 1.61. The van der Waals surface area contributed by atoms with Crippen molar-refractivity contribution in [1.82, 2.24) is 5.32 Å². The van der Waals surface area contributed by atoms with Gasteiger partial charge in [-0.1, -0.05) is 0 Å². The molecule has 60 valence electrons. The molecule has 0 amide bonds. The van der Waals surface area contributed by atoms with Gasteiger partial charge in [-0.15, -0.1) is 0 Å². The quantitative estimate of drug-likeness (QED) is 0.586. The van der Waals surface area contributed by atoms with E-state index < -0.39 is 0 Å². The van der Waals surface area contributed by atoms with E-state index in [0.717, 1.165) is 12.2 Å². The molecule has 0 aromatic heterocycles. The Morgan fingerprint density at radius 1 is 1.70 bits per heavy atom. The smallest absolute Gasteiger partial charge is 0.131 e. The fourth-order valence-corrected chi connectivity index (χ4v) is 1.16. The number of rotatable bonds is 5. The molecule has 0 saturated heterocycles. The first-order chi connectivity index (χ1) is 4.70. The lowest BCUT2D eigenvalue weighted by Gasteiger charge is -2.11. The number of hydrogen-bond acceptors (Lipinski definition) is 3. The van der Waals surface area contributed by atoms with Crippen molar-refractivity contribution in [1.29, 1.82) is 0 Å².